The molecular formula is C44H77N5O11. The molecule has 0 bridgehead atoms. The maximum absolute atomic E-state index is 14.2. The first-order chi connectivity index (χ1) is 27.8. The number of rotatable bonds is 18. The van der Waals surface area contributed by atoms with Crippen LogP contribution in [0.3, 0.4) is 0 Å². The minimum absolute atomic E-state index is 0.00777. The van der Waals surface area contributed by atoms with E-state index in [4.69, 9.17) is 33.2 Å². The molecule has 2 rings (SSSR count). The van der Waals surface area contributed by atoms with E-state index in [2.05, 4.69) is 4.98 Å². The molecule has 1 unspecified atom stereocenters. The monoisotopic (exact) mass is 852 g/mol. The lowest BCUT2D eigenvalue weighted by Gasteiger charge is -2.37. The van der Waals surface area contributed by atoms with Crippen molar-refractivity contribution in [3.8, 4) is 5.75 Å². The van der Waals surface area contributed by atoms with Crippen molar-refractivity contribution in [1.82, 2.24) is 24.6 Å². The summed E-state index contributed by atoms with van der Waals surface area (Å²) in [5, 5.41) is 0. The summed E-state index contributed by atoms with van der Waals surface area (Å²) in [4.78, 5) is 66.4. The normalized spacial score (nSPS) is 16.9. The molecule has 1 saturated heterocycles. The second-order valence-electron chi connectivity index (χ2n) is 19.0. The second-order valence-corrected chi connectivity index (χ2v) is 19.0. The first kappa shape index (κ1) is 52.7. The van der Waals surface area contributed by atoms with Gasteiger partial charge < -0.3 is 33.2 Å². The molecule has 0 aliphatic carbocycles. The summed E-state index contributed by atoms with van der Waals surface area (Å²) >= 11 is 0. The van der Waals surface area contributed by atoms with Crippen LogP contribution < -0.4 is 4.74 Å². The average molecular weight is 852 g/mol. The zero-order valence-electron chi connectivity index (χ0n) is 39.1. The van der Waals surface area contributed by atoms with Gasteiger partial charge in [-0.25, -0.2) is 0 Å². The summed E-state index contributed by atoms with van der Waals surface area (Å²) in [5.74, 6) is -0.967. The largest absolute Gasteiger partial charge is 0.490 e. The topological polar surface area (TPSA) is 159 Å². The standard InChI is InChI=1S/C44H77N5O11/c1-14-54-25-26-55-27-28-56-35-16-15-34(45-30-35)29-36(40(53)60-44(11,12)13)49-23-21-47(32-38(51)58-42(5,6)7)19-17-46(31-37(50)57-41(2,3)4)18-20-48(22-24-49)33-39(52)59-43(8,9)10/h15-16,30,36H,14,17-29,31-33H2,1-13H3. The maximum atomic E-state index is 14.2. The van der Waals surface area contributed by atoms with Crippen molar-refractivity contribution < 1.29 is 52.3 Å². The summed E-state index contributed by atoms with van der Waals surface area (Å²) in [7, 11) is 0. The van der Waals surface area contributed by atoms with Crippen LogP contribution in [-0.4, -0.2) is 182 Å². The SMILES string of the molecule is CCOCCOCCOc1ccc(CC(C(=O)OC(C)(C)C)N2CCN(CC(=O)OC(C)(C)C)CCN(CC(=O)OC(C)(C)C)CCN(CC(=O)OC(C)(C)C)CC2)nc1. The summed E-state index contributed by atoms with van der Waals surface area (Å²) < 4.78 is 39.8. The van der Waals surface area contributed by atoms with E-state index in [0.29, 0.717) is 96.8 Å². The molecule has 0 spiro atoms. The number of nitrogens with zero attached hydrogens (tertiary/aromatic N) is 5. The van der Waals surface area contributed by atoms with Gasteiger partial charge in [-0.2, -0.15) is 0 Å². The zero-order valence-corrected chi connectivity index (χ0v) is 39.1. The highest BCUT2D eigenvalue weighted by atomic mass is 16.6. The Morgan fingerprint density at radius 1 is 0.567 bits per heavy atom. The Hall–Kier alpha value is -3.41. The van der Waals surface area contributed by atoms with Gasteiger partial charge >= 0.3 is 23.9 Å². The first-order valence-corrected chi connectivity index (χ1v) is 21.3. The van der Waals surface area contributed by atoms with Crippen LogP contribution >= 0.6 is 0 Å². The molecule has 0 radical (unpaired) electrons. The third kappa shape index (κ3) is 24.7. The average Bonchev–Trinajstić information content (AvgIpc) is 3.07. The molecule has 1 aliphatic heterocycles. The second kappa shape index (κ2) is 24.9. The summed E-state index contributed by atoms with van der Waals surface area (Å²) in [6.07, 6.45) is 1.86. The van der Waals surface area contributed by atoms with Crippen molar-refractivity contribution in [2.24, 2.45) is 0 Å². The van der Waals surface area contributed by atoms with E-state index in [-0.39, 0.29) is 44.0 Å². The molecule has 1 atom stereocenters. The fourth-order valence-electron chi connectivity index (χ4n) is 6.14. The van der Waals surface area contributed by atoms with Crippen molar-refractivity contribution in [3.05, 3.63) is 24.0 Å². The molecule has 1 fully saturated rings. The molecule has 1 aliphatic rings. The highest BCUT2D eigenvalue weighted by Gasteiger charge is 2.33. The maximum Gasteiger partial charge on any atom is 0.324 e. The van der Waals surface area contributed by atoms with E-state index in [1.54, 1.807) is 6.20 Å². The lowest BCUT2D eigenvalue weighted by atomic mass is 10.1. The van der Waals surface area contributed by atoms with E-state index in [1.165, 1.54) is 0 Å². The number of aromatic nitrogens is 1. The number of hydrogen-bond donors (Lipinski definition) is 0. The number of esters is 4. The van der Waals surface area contributed by atoms with Crippen LogP contribution in [0.15, 0.2) is 18.3 Å². The van der Waals surface area contributed by atoms with Gasteiger partial charge in [-0.3, -0.25) is 43.8 Å². The van der Waals surface area contributed by atoms with E-state index < -0.39 is 34.4 Å². The number of pyridine rings is 1. The summed E-state index contributed by atoms with van der Waals surface area (Å²) in [5.41, 5.74) is -2.12. The minimum atomic E-state index is -0.763. The van der Waals surface area contributed by atoms with Crippen molar-refractivity contribution >= 4 is 23.9 Å². The van der Waals surface area contributed by atoms with Crippen molar-refractivity contribution in [2.75, 3.05) is 105 Å². The molecule has 16 heteroatoms. The Morgan fingerprint density at radius 2 is 0.967 bits per heavy atom. The van der Waals surface area contributed by atoms with Gasteiger partial charge in [0.2, 0.25) is 0 Å². The van der Waals surface area contributed by atoms with Crippen LogP contribution in [0.5, 0.6) is 5.75 Å². The van der Waals surface area contributed by atoms with Gasteiger partial charge in [-0.05, 0) is 102 Å². The Balaban J connectivity index is 2.47. The van der Waals surface area contributed by atoms with Crippen LogP contribution in [0.2, 0.25) is 0 Å². The molecule has 1 aromatic heterocycles. The van der Waals surface area contributed by atoms with E-state index in [0.717, 1.165) is 0 Å². The van der Waals surface area contributed by atoms with E-state index in [1.807, 2.05) is 122 Å². The number of carbonyl (C=O) groups is 4. The predicted molar refractivity (Wildman–Crippen MR) is 229 cm³/mol. The van der Waals surface area contributed by atoms with Gasteiger partial charge in [-0.1, -0.05) is 0 Å². The van der Waals surface area contributed by atoms with Gasteiger partial charge in [0.05, 0.1) is 45.7 Å². The lowest BCUT2D eigenvalue weighted by molar-refractivity contribution is -0.163. The molecule has 0 saturated carbocycles. The van der Waals surface area contributed by atoms with Gasteiger partial charge in [0.15, 0.2) is 0 Å². The molecule has 0 amide bonds. The zero-order chi connectivity index (χ0) is 45.1. The smallest absolute Gasteiger partial charge is 0.324 e. The van der Waals surface area contributed by atoms with Crippen LogP contribution in [0, 0.1) is 0 Å². The van der Waals surface area contributed by atoms with Crippen LogP contribution in [0.25, 0.3) is 0 Å². The van der Waals surface area contributed by atoms with E-state index in [9.17, 15) is 19.2 Å². The Morgan fingerprint density at radius 3 is 1.35 bits per heavy atom. The molecule has 0 N–H and O–H groups in total. The van der Waals surface area contributed by atoms with Gasteiger partial charge in [-0.15, -0.1) is 0 Å². The number of carbonyl (C=O) groups excluding carboxylic acids is 4. The Bertz CT molecular complexity index is 1400. The molecule has 1 aromatic rings. The first-order valence-electron chi connectivity index (χ1n) is 21.3. The molecule has 2 heterocycles. The van der Waals surface area contributed by atoms with Crippen molar-refractivity contribution in [1.29, 1.82) is 0 Å². The molecule has 16 nitrogen and oxygen atoms in total. The number of hydrogen-bond acceptors (Lipinski definition) is 16. The Labute approximate surface area is 359 Å². The van der Waals surface area contributed by atoms with E-state index >= 15 is 0 Å². The van der Waals surface area contributed by atoms with Crippen LogP contribution in [-0.2, 0) is 54.0 Å². The predicted octanol–water partition coefficient (Wildman–Crippen LogP) is 4.01. The molecular weight excluding hydrogens is 775 g/mol. The highest BCUT2D eigenvalue weighted by Crippen LogP contribution is 2.19. The third-order valence-electron chi connectivity index (χ3n) is 8.58. The van der Waals surface area contributed by atoms with Gasteiger partial charge in [0.1, 0.15) is 40.8 Å². The third-order valence-corrected chi connectivity index (χ3v) is 8.58. The summed E-state index contributed by atoms with van der Waals surface area (Å²) in [6, 6.07) is 2.89. The molecule has 60 heavy (non-hydrogen) atoms. The van der Waals surface area contributed by atoms with Gasteiger partial charge in [0, 0.05) is 71.1 Å². The van der Waals surface area contributed by atoms with Crippen molar-refractivity contribution in [2.45, 2.75) is 125 Å². The Kier molecular flexibility index (Phi) is 21.9. The minimum Gasteiger partial charge on any atom is -0.490 e. The lowest BCUT2D eigenvalue weighted by Crippen LogP contribution is -2.53. The molecule has 344 valence electrons. The fourth-order valence-corrected chi connectivity index (χ4v) is 6.14. The fraction of sp³-hybridized carbons (Fsp3) is 0.795. The highest BCUT2D eigenvalue weighted by molar-refractivity contribution is 5.77. The summed E-state index contributed by atoms with van der Waals surface area (Å²) in [6.45, 7) is 29.5. The van der Waals surface area contributed by atoms with Crippen LogP contribution in [0.4, 0.5) is 0 Å². The quantitative estimate of drug-likeness (QED) is 0.118. The van der Waals surface area contributed by atoms with Crippen molar-refractivity contribution in [3.63, 3.8) is 0 Å². The number of ether oxygens (including phenoxy) is 7. The van der Waals surface area contributed by atoms with Crippen LogP contribution in [0.1, 0.15) is 95.7 Å². The van der Waals surface area contributed by atoms with Gasteiger partial charge in [0.25, 0.3) is 0 Å². The molecule has 0 aromatic carbocycles.